The summed E-state index contributed by atoms with van der Waals surface area (Å²) in [6, 6.07) is 7.05. The highest BCUT2D eigenvalue weighted by atomic mass is 15.3. The molecular formula is C16H23N5. The van der Waals surface area contributed by atoms with Crippen LogP contribution < -0.4 is 5.32 Å². The largest absolute Gasteiger partial charge is 0.315 e. The quantitative estimate of drug-likeness (QED) is 0.928. The third-order valence-electron chi connectivity index (χ3n) is 4.31. The average Bonchev–Trinajstić information content (AvgIpc) is 2.93. The molecule has 0 aliphatic carbocycles. The molecule has 5 nitrogen and oxygen atoms in total. The maximum absolute atomic E-state index is 4.19. The predicted octanol–water partition coefficient (Wildman–Crippen LogP) is 1.67. The Morgan fingerprint density at radius 2 is 2.14 bits per heavy atom. The molecule has 1 unspecified atom stereocenters. The van der Waals surface area contributed by atoms with Crippen LogP contribution in [0.5, 0.6) is 0 Å². The summed E-state index contributed by atoms with van der Waals surface area (Å²) in [5.41, 5.74) is 4.06. The molecule has 5 heteroatoms. The van der Waals surface area contributed by atoms with Gasteiger partial charge in [0, 0.05) is 25.7 Å². The SMILES string of the molecule is CNC(CN1CCn2cnnc2C1)c1ccc(C)cc1C. The lowest BCUT2D eigenvalue weighted by Crippen LogP contribution is -2.39. The van der Waals surface area contributed by atoms with E-state index in [1.807, 2.05) is 13.4 Å². The topological polar surface area (TPSA) is 46.0 Å². The Morgan fingerprint density at radius 3 is 2.90 bits per heavy atom. The van der Waals surface area contributed by atoms with E-state index in [0.717, 1.165) is 32.0 Å². The van der Waals surface area contributed by atoms with Crippen molar-refractivity contribution in [3.8, 4) is 0 Å². The fraction of sp³-hybridized carbons (Fsp3) is 0.500. The first kappa shape index (κ1) is 14.2. The van der Waals surface area contributed by atoms with E-state index in [1.54, 1.807) is 0 Å². The maximum Gasteiger partial charge on any atom is 0.147 e. The van der Waals surface area contributed by atoms with Crippen molar-refractivity contribution in [2.45, 2.75) is 33.0 Å². The first-order chi connectivity index (χ1) is 10.2. The lowest BCUT2D eigenvalue weighted by molar-refractivity contribution is 0.197. The average molecular weight is 285 g/mol. The van der Waals surface area contributed by atoms with Gasteiger partial charge in [0.1, 0.15) is 12.2 Å². The van der Waals surface area contributed by atoms with Gasteiger partial charge in [-0.15, -0.1) is 10.2 Å². The number of benzene rings is 1. The van der Waals surface area contributed by atoms with Gasteiger partial charge in [-0.05, 0) is 32.0 Å². The third-order valence-corrected chi connectivity index (χ3v) is 4.31. The minimum atomic E-state index is 0.347. The van der Waals surface area contributed by atoms with E-state index < -0.39 is 0 Å². The Balaban J connectivity index is 1.73. The molecule has 112 valence electrons. The Labute approximate surface area is 126 Å². The van der Waals surface area contributed by atoms with Crippen molar-refractivity contribution in [1.29, 1.82) is 0 Å². The molecule has 21 heavy (non-hydrogen) atoms. The summed E-state index contributed by atoms with van der Waals surface area (Å²) in [5, 5.41) is 11.6. The summed E-state index contributed by atoms with van der Waals surface area (Å²) < 4.78 is 2.14. The second kappa shape index (κ2) is 5.95. The third kappa shape index (κ3) is 2.99. The van der Waals surface area contributed by atoms with E-state index in [2.05, 4.69) is 57.0 Å². The highest BCUT2D eigenvalue weighted by Crippen LogP contribution is 2.21. The number of aryl methyl sites for hydroxylation is 2. The van der Waals surface area contributed by atoms with Crippen molar-refractivity contribution < 1.29 is 0 Å². The number of nitrogens with one attached hydrogen (secondary N) is 1. The lowest BCUT2D eigenvalue weighted by Gasteiger charge is -2.31. The molecule has 0 bridgehead atoms. The van der Waals surface area contributed by atoms with E-state index >= 15 is 0 Å². The monoisotopic (exact) mass is 285 g/mol. The number of hydrogen-bond acceptors (Lipinski definition) is 4. The van der Waals surface area contributed by atoms with Crippen LogP contribution in [0.1, 0.15) is 28.6 Å². The molecule has 0 saturated carbocycles. The summed E-state index contributed by atoms with van der Waals surface area (Å²) in [5.74, 6) is 1.07. The second-order valence-corrected chi connectivity index (χ2v) is 5.88. The first-order valence-corrected chi connectivity index (χ1v) is 7.51. The van der Waals surface area contributed by atoms with Crippen LogP contribution in [-0.4, -0.2) is 39.8 Å². The Kier molecular flexibility index (Phi) is 4.03. The molecule has 1 aliphatic rings. The molecule has 1 atom stereocenters. The molecule has 1 aromatic carbocycles. The molecule has 1 aromatic heterocycles. The predicted molar refractivity (Wildman–Crippen MR) is 83.0 cm³/mol. The normalized spacial score (nSPS) is 16.7. The van der Waals surface area contributed by atoms with E-state index in [9.17, 15) is 0 Å². The molecule has 0 spiro atoms. The van der Waals surface area contributed by atoms with Crippen molar-refractivity contribution in [3.05, 3.63) is 47.0 Å². The Bertz CT molecular complexity index is 619. The molecule has 0 radical (unpaired) electrons. The minimum Gasteiger partial charge on any atom is -0.315 e. The fourth-order valence-corrected chi connectivity index (χ4v) is 3.09. The molecule has 2 aromatic rings. The number of likely N-dealkylation sites (N-methyl/N-ethyl adjacent to an activating group) is 1. The standard InChI is InChI=1S/C16H23N5/c1-12-4-5-14(13(2)8-12)15(17-3)9-20-6-7-21-11-18-19-16(21)10-20/h4-5,8,11,15,17H,6-7,9-10H2,1-3H3. The van der Waals surface area contributed by atoms with Crippen molar-refractivity contribution in [2.24, 2.45) is 0 Å². The van der Waals surface area contributed by atoms with Gasteiger partial charge in [0.05, 0.1) is 6.54 Å². The Hall–Kier alpha value is -1.72. The molecule has 0 saturated heterocycles. The zero-order valence-electron chi connectivity index (χ0n) is 13.0. The van der Waals surface area contributed by atoms with E-state index in [-0.39, 0.29) is 0 Å². The number of nitrogens with zero attached hydrogens (tertiary/aromatic N) is 4. The number of fused-ring (bicyclic) bond motifs is 1. The maximum atomic E-state index is 4.19. The summed E-state index contributed by atoms with van der Waals surface area (Å²) in [7, 11) is 2.04. The van der Waals surface area contributed by atoms with Crippen molar-refractivity contribution in [2.75, 3.05) is 20.1 Å². The minimum absolute atomic E-state index is 0.347. The fourth-order valence-electron chi connectivity index (χ4n) is 3.09. The van der Waals surface area contributed by atoms with E-state index in [1.165, 1.54) is 16.7 Å². The van der Waals surface area contributed by atoms with Crippen molar-refractivity contribution >= 4 is 0 Å². The summed E-state index contributed by atoms with van der Waals surface area (Å²) in [4.78, 5) is 2.45. The van der Waals surface area contributed by atoms with Crippen molar-refractivity contribution in [3.63, 3.8) is 0 Å². The van der Waals surface area contributed by atoms with Crippen LogP contribution in [0.3, 0.4) is 0 Å². The van der Waals surface area contributed by atoms with Gasteiger partial charge >= 0.3 is 0 Å². The first-order valence-electron chi connectivity index (χ1n) is 7.51. The molecule has 3 rings (SSSR count). The molecule has 0 amide bonds. The number of rotatable bonds is 4. The van der Waals surface area contributed by atoms with Gasteiger partial charge in [0.15, 0.2) is 0 Å². The lowest BCUT2D eigenvalue weighted by atomic mass is 9.98. The highest BCUT2D eigenvalue weighted by Gasteiger charge is 2.21. The highest BCUT2D eigenvalue weighted by molar-refractivity contribution is 5.33. The van der Waals surface area contributed by atoms with Crippen LogP contribution in [-0.2, 0) is 13.1 Å². The van der Waals surface area contributed by atoms with Gasteiger partial charge in [-0.25, -0.2) is 0 Å². The number of aromatic nitrogens is 3. The van der Waals surface area contributed by atoms with Crippen LogP contribution in [0.4, 0.5) is 0 Å². The van der Waals surface area contributed by atoms with Crippen LogP contribution in [0.2, 0.25) is 0 Å². The number of hydrogen-bond donors (Lipinski definition) is 1. The summed E-state index contributed by atoms with van der Waals surface area (Å²) >= 11 is 0. The second-order valence-electron chi connectivity index (χ2n) is 5.88. The van der Waals surface area contributed by atoms with Crippen LogP contribution in [0, 0.1) is 13.8 Å². The zero-order valence-corrected chi connectivity index (χ0v) is 13.0. The zero-order chi connectivity index (χ0) is 14.8. The van der Waals surface area contributed by atoms with Gasteiger partial charge in [-0.3, -0.25) is 4.90 Å². The van der Waals surface area contributed by atoms with E-state index in [0.29, 0.717) is 6.04 Å². The molecular weight excluding hydrogens is 262 g/mol. The van der Waals surface area contributed by atoms with Gasteiger partial charge < -0.3 is 9.88 Å². The van der Waals surface area contributed by atoms with Gasteiger partial charge in [-0.2, -0.15) is 0 Å². The molecule has 1 aliphatic heterocycles. The van der Waals surface area contributed by atoms with Crippen LogP contribution in [0.25, 0.3) is 0 Å². The molecule has 2 heterocycles. The molecule has 0 fully saturated rings. The summed E-state index contributed by atoms with van der Waals surface area (Å²) in [6.07, 6.45) is 1.83. The molecule has 1 N–H and O–H groups in total. The van der Waals surface area contributed by atoms with Crippen LogP contribution in [0.15, 0.2) is 24.5 Å². The summed E-state index contributed by atoms with van der Waals surface area (Å²) in [6.45, 7) is 8.23. The van der Waals surface area contributed by atoms with Crippen molar-refractivity contribution in [1.82, 2.24) is 25.0 Å². The van der Waals surface area contributed by atoms with Gasteiger partial charge in [0.25, 0.3) is 0 Å². The smallest absolute Gasteiger partial charge is 0.147 e. The Morgan fingerprint density at radius 1 is 1.29 bits per heavy atom. The van der Waals surface area contributed by atoms with Gasteiger partial charge in [-0.1, -0.05) is 23.8 Å². The van der Waals surface area contributed by atoms with E-state index in [4.69, 9.17) is 0 Å². The van der Waals surface area contributed by atoms with Crippen LogP contribution >= 0.6 is 0 Å². The van der Waals surface area contributed by atoms with Gasteiger partial charge in [0.2, 0.25) is 0 Å².